The number of nitrogens with one attached hydrogen (secondary N) is 2. The average Bonchev–Trinajstić information content (AvgIpc) is 2.98. The molecule has 9 heteroatoms. The van der Waals surface area contributed by atoms with Gasteiger partial charge in [-0.2, -0.15) is 0 Å². The van der Waals surface area contributed by atoms with Gasteiger partial charge in [-0.3, -0.25) is 4.79 Å². The van der Waals surface area contributed by atoms with E-state index in [1.54, 1.807) is 36.4 Å². The molecule has 0 aliphatic carbocycles. The number of carbonyl (C=O) groups is 1. The minimum atomic E-state index is -0.132. The van der Waals surface area contributed by atoms with Gasteiger partial charge in [0.25, 0.3) is 0 Å². The first-order valence-corrected chi connectivity index (χ1v) is 9.45. The first-order valence-electron chi connectivity index (χ1n) is 8.28. The number of nitrogens with zero attached hydrogens (tertiary/aromatic N) is 1. The van der Waals surface area contributed by atoms with Crippen molar-refractivity contribution in [2.75, 3.05) is 5.32 Å². The molecule has 0 saturated heterocycles. The van der Waals surface area contributed by atoms with E-state index in [4.69, 9.17) is 39.8 Å². The monoisotopic (exact) mass is 439 g/mol. The zero-order chi connectivity index (χ0) is 19.6. The van der Waals surface area contributed by atoms with Crippen LogP contribution < -0.4 is 10.6 Å². The molecule has 3 rings (SSSR count). The molecule has 0 aliphatic rings. The number of anilines is 1. The Hall–Kier alpha value is -2.19. The lowest BCUT2D eigenvalue weighted by atomic mass is 10.1. The number of fused-ring (bicyclic) bond motifs is 1. The van der Waals surface area contributed by atoms with Crippen LogP contribution >= 0.6 is 35.4 Å². The lowest BCUT2D eigenvalue weighted by Crippen LogP contribution is -2.34. The van der Waals surface area contributed by atoms with Gasteiger partial charge < -0.3 is 20.5 Å². The number of amides is 1. The topological polar surface area (TPSA) is 98.7 Å². The van der Waals surface area contributed by atoms with Gasteiger partial charge in [0.05, 0.1) is 10.6 Å². The number of benzene rings is 2. The van der Waals surface area contributed by atoms with E-state index in [0.717, 1.165) is 0 Å². The highest BCUT2D eigenvalue weighted by Crippen LogP contribution is 2.32. The Morgan fingerprint density at radius 3 is 2.68 bits per heavy atom. The second kappa shape index (κ2) is 9.34. The molecule has 1 heterocycles. The molecular formula is C19H19Cl2N3O3S. The predicted molar refractivity (Wildman–Crippen MR) is 117 cm³/mol. The predicted octanol–water partition coefficient (Wildman–Crippen LogP) is 4.84. The summed E-state index contributed by atoms with van der Waals surface area (Å²) in [6.45, 7) is 3.93. The van der Waals surface area contributed by atoms with Crippen LogP contribution in [0.3, 0.4) is 0 Å². The smallest absolute Gasteiger partial charge is 0.228 e. The lowest BCUT2D eigenvalue weighted by Gasteiger charge is -2.11. The first-order chi connectivity index (χ1) is 12.8. The summed E-state index contributed by atoms with van der Waals surface area (Å²) in [6.07, 6.45) is 0.402. The summed E-state index contributed by atoms with van der Waals surface area (Å²) < 4.78 is 5.77. The fourth-order valence-electron chi connectivity index (χ4n) is 2.49. The molecule has 2 aromatic carbocycles. The molecule has 4 N–H and O–H groups in total. The molecule has 28 heavy (non-hydrogen) atoms. The normalized spacial score (nSPS) is 10.6. The Morgan fingerprint density at radius 1 is 1.21 bits per heavy atom. The van der Waals surface area contributed by atoms with Crippen molar-refractivity contribution in [3.63, 3.8) is 0 Å². The highest BCUT2D eigenvalue weighted by molar-refractivity contribution is 7.80. The molecule has 1 aromatic heterocycles. The van der Waals surface area contributed by atoms with Crippen molar-refractivity contribution >= 4 is 63.2 Å². The molecular weight excluding hydrogens is 421 g/mol. The van der Waals surface area contributed by atoms with Crippen LogP contribution in [0, 0.1) is 5.92 Å². The van der Waals surface area contributed by atoms with Gasteiger partial charge in [-0.15, -0.1) is 0 Å². The summed E-state index contributed by atoms with van der Waals surface area (Å²) in [4.78, 5) is 16.3. The second-order valence-corrected chi connectivity index (χ2v) is 7.68. The van der Waals surface area contributed by atoms with Crippen LogP contribution in [0.1, 0.15) is 20.3 Å². The number of oxazole rings is 1. The number of aromatic nitrogens is 1. The summed E-state index contributed by atoms with van der Waals surface area (Å²) in [5, 5.41) is 6.91. The van der Waals surface area contributed by atoms with Gasteiger partial charge in [0.2, 0.25) is 11.8 Å². The van der Waals surface area contributed by atoms with Gasteiger partial charge in [-0.1, -0.05) is 37.0 Å². The fourth-order valence-corrected chi connectivity index (χ4v) is 3.09. The van der Waals surface area contributed by atoms with Crippen LogP contribution in [-0.2, 0) is 4.79 Å². The Labute approximate surface area is 177 Å². The molecule has 0 saturated carbocycles. The molecule has 0 atom stereocenters. The van der Waals surface area contributed by atoms with Crippen LogP contribution in [0.25, 0.3) is 22.6 Å². The molecule has 0 aliphatic heterocycles. The number of halogens is 2. The van der Waals surface area contributed by atoms with Crippen LogP contribution in [-0.4, -0.2) is 21.5 Å². The number of hydrogen-bond acceptors (Lipinski definition) is 4. The first kappa shape index (κ1) is 22.1. The molecule has 3 aromatic rings. The van der Waals surface area contributed by atoms with Gasteiger partial charge in [0.15, 0.2) is 10.7 Å². The SMILES string of the molecule is CC(C)CC(=O)NC(=S)Nc1ccc(Cl)c(-c2nc3cc(Cl)ccc3o2)c1.O. The van der Waals surface area contributed by atoms with Gasteiger partial charge in [-0.25, -0.2) is 4.98 Å². The molecule has 6 nitrogen and oxygen atoms in total. The van der Waals surface area contributed by atoms with E-state index >= 15 is 0 Å². The van der Waals surface area contributed by atoms with Crippen molar-refractivity contribution in [2.24, 2.45) is 5.92 Å². The van der Waals surface area contributed by atoms with Crippen molar-refractivity contribution in [3.05, 3.63) is 46.4 Å². The van der Waals surface area contributed by atoms with Crippen molar-refractivity contribution < 1.29 is 14.7 Å². The third-order valence-electron chi connectivity index (χ3n) is 3.65. The van der Waals surface area contributed by atoms with Crippen LogP contribution in [0.15, 0.2) is 40.8 Å². The summed E-state index contributed by atoms with van der Waals surface area (Å²) in [7, 11) is 0. The summed E-state index contributed by atoms with van der Waals surface area (Å²) in [5.41, 5.74) is 2.51. The molecule has 148 valence electrons. The Kier molecular flexibility index (Phi) is 7.37. The van der Waals surface area contributed by atoms with E-state index in [-0.39, 0.29) is 22.4 Å². The highest BCUT2D eigenvalue weighted by Gasteiger charge is 2.14. The maximum atomic E-state index is 11.8. The van der Waals surface area contributed by atoms with Crippen molar-refractivity contribution in [1.82, 2.24) is 10.3 Å². The Balaban J connectivity index is 0.00000280. The van der Waals surface area contributed by atoms with E-state index in [2.05, 4.69) is 15.6 Å². The minimum Gasteiger partial charge on any atom is -0.436 e. The Morgan fingerprint density at radius 2 is 1.96 bits per heavy atom. The second-order valence-electron chi connectivity index (χ2n) is 6.43. The summed E-state index contributed by atoms with van der Waals surface area (Å²) in [5.74, 6) is 0.491. The molecule has 0 spiro atoms. The maximum absolute atomic E-state index is 11.8. The van der Waals surface area contributed by atoms with E-state index in [9.17, 15) is 4.79 Å². The lowest BCUT2D eigenvalue weighted by molar-refractivity contribution is -0.120. The van der Waals surface area contributed by atoms with Crippen molar-refractivity contribution in [1.29, 1.82) is 0 Å². The van der Waals surface area contributed by atoms with Crippen LogP contribution in [0.2, 0.25) is 10.0 Å². The summed E-state index contributed by atoms with van der Waals surface area (Å²) in [6, 6.07) is 10.4. The average molecular weight is 440 g/mol. The zero-order valence-corrected chi connectivity index (χ0v) is 17.5. The Bertz CT molecular complexity index is 1020. The van der Waals surface area contributed by atoms with Gasteiger partial charge >= 0.3 is 0 Å². The maximum Gasteiger partial charge on any atom is 0.228 e. The van der Waals surface area contributed by atoms with Crippen molar-refractivity contribution in [3.8, 4) is 11.5 Å². The van der Waals surface area contributed by atoms with Crippen LogP contribution in [0.5, 0.6) is 0 Å². The standard InChI is InChI=1S/C19H17Cl2N3O2S.H2O/c1-10(2)7-17(25)24-19(27)22-12-4-5-14(21)13(9-12)18-23-15-8-11(20)3-6-16(15)26-18;/h3-6,8-10H,7H2,1-2H3,(H2,22,24,25,27);1H2. The van der Waals surface area contributed by atoms with E-state index < -0.39 is 0 Å². The third kappa shape index (κ3) is 5.42. The molecule has 1 amide bonds. The number of thiocarbonyl (C=S) groups is 1. The largest absolute Gasteiger partial charge is 0.436 e. The molecule has 0 unspecified atom stereocenters. The van der Waals surface area contributed by atoms with E-state index in [0.29, 0.717) is 44.7 Å². The van der Waals surface area contributed by atoms with E-state index in [1.165, 1.54) is 0 Å². The third-order valence-corrected chi connectivity index (χ3v) is 4.42. The molecule has 0 fully saturated rings. The van der Waals surface area contributed by atoms with E-state index in [1.807, 2.05) is 13.8 Å². The van der Waals surface area contributed by atoms with Gasteiger partial charge in [-0.05, 0) is 54.5 Å². The van der Waals surface area contributed by atoms with Crippen LogP contribution in [0.4, 0.5) is 5.69 Å². The number of carbonyl (C=O) groups excluding carboxylic acids is 1. The quantitative estimate of drug-likeness (QED) is 0.566. The highest BCUT2D eigenvalue weighted by atomic mass is 35.5. The number of rotatable bonds is 4. The fraction of sp³-hybridized carbons (Fsp3) is 0.211. The van der Waals surface area contributed by atoms with Gasteiger partial charge in [0, 0.05) is 17.1 Å². The summed E-state index contributed by atoms with van der Waals surface area (Å²) >= 11 is 17.5. The number of hydrogen-bond donors (Lipinski definition) is 2. The zero-order valence-electron chi connectivity index (χ0n) is 15.2. The van der Waals surface area contributed by atoms with Gasteiger partial charge in [0.1, 0.15) is 5.52 Å². The molecule has 0 radical (unpaired) electrons. The minimum absolute atomic E-state index is 0. The molecule has 0 bridgehead atoms. The van der Waals surface area contributed by atoms with Crippen molar-refractivity contribution in [2.45, 2.75) is 20.3 Å².